The van der Waals surface area contributed by atoms with Crippen LogP contribution in [0.4, 0.5) is 0 Å². The maximum Gasteiger partial charge on any atom is 0.529 e. The van der Waals surface area contributed by atoms with Crippen LogP contribution in [-0.4, -0.2) is 40.6 Å². The third-order valence-corrected chi connectivity index (χ3v) is 5.46. The minimum Gasteiger partial charge on any atom is -0.393 e. The van der Waals surface area contributed by atoms with Crippen molar-refractivity contribution >= 4 is 20.7 Å². The lowest BCUT2D eigenvalue weighted by molar-refractivity contribution is -0.153. The molecule has 0 aliphatic carbocycles. The van der Waals surface area contributed by atoms with Crippen LogP contribution in [-0.2, 0) is 27.6 Å². The van der Waals surface area contributed by atoms with E-state index < -0.39 is 26.7 Å². The quantitative estimate of drug-likeness (QED) is 0.366. The number of carbonyl (C=O) groups is 2. The van der Waals surface area contributed by atoms with Crippen LogP contribution in [0.25, 0.3) is 0 Å². The van der Waals surface area contributed by atoms with Crippen molar-refractivity contribution in [1.29, 1.82) is 0 Å². The highest BCUT2D eigenvalue weighted by atomic mass is 28.4. The highest BCUT2D eigenvalue weighted by Crippen LogP contribution is 2.21. The molecular weight excluding hydrogens is 280 g/mol. The second-order valence-electron chi connectivity index (χ2n) is 4.23. The molecule has 1 aliphatic rings. The number of allylic oxidation sites excluding steroid dienone is 1. The Morgan fingerprint density at radius 3 is 2.10 bits per heavy atom. The molecule has 0 saturated carbocycles. The number of ether oxygens (including phenoxy) is 1. The number of cyclic esters (lactones) is 2. The van der Waals surface area contributed by atoms with Gasteiger partial charge in [-0.3, -0.25) is 9.59 Å². The molecule has 1 unspecified atom stereocenters. The highest BCUT2D eigenvalue weighted by Gasteiger charge is 2.38. The van der Waals surface area contributed by atoms with E-state index in [1.54, 1.807) is 11.8 Å². The molecular formula is C13H22O6Si. The second-order valence-corrected chi connectivity index (χ2v) is 6.64. The van der Waals surface area contributed by atoms with Crippen molar-refractivity contribution in [1.82, 2.24) is 0 Å². The lowest BCUT2D eigenvalue weighted by atomic mass is 10.0. The van der Waals surface area contributed by atoms with Gasteiger partial charge in [-0.15, -0.1) is 0 Å². The zero-order valence-electron chi connectivity index (χ0n) is 12.2. The Balaban J connectivity index is 2.65. The smallest absolute Gasteiger partial charge is 0.393 e. The first-order chi connectivity index (χ1) is 9.56. The van der Waals surface area contributed by atoms with Gasteiger partial charge >= 0.3 is 20.7 Å². The van der Waals surface area contributed by atoms with Gasteiger partial charge in [-0.1, -0.05) is 6.08 Å². The van der Waals surface area contributed by atoms with Crippen LogP contribution in [0, 0.1) is 5.92 Å². The van der Waals surface area contributed by atoms with E-state index in [-0.39, 0.29) is 6.42 Å². The van der Waals surface area contributed by atoms with E-state index in [9.17, 15) is 9.59 Å². The van der Waals surface area contributed by atoms with Crippen molar-refractivity contribution in [2.75, 3.05) is 19.8 Å². The van der Waals surface area contributed by atoms with Gasteiger partial charge in [0.2, 0.25) is 0 Å². The fourth-order valence-corrected chi connectivity index (χ4v) is 4.12. The minimum atomic E-state index is -2.82. The summed E-state index contributed by atoms with van der Waals surface area (Å²) in [7, 11) is -2.82. The number of esters is 2. The minimum absolute atomic E-state index is 0.135. The van der Waals surface area contributed by atoms with Crippen LogP contribution < -0.4 is 0 Å². The van der Waals surface area contributed by atoms with Crippen molar-refractivity contribution in [2.24, 2.45) is 5.92 Å². The fourth-order valence-electron chi connectivity index (χ4n) is 1.95. The summed E-state index contributed by atoms with van der Waals surface area (Å²) in [4.78, 5) is 22.4. The van der Waals surface area contributed by atoms with Crippen LogP contribution in [0.1, 0.15) is 33.6 Å². The number of hydrogen-bond acceptors (Lipinski definition) is 6. The summed E-state index contributed by atoms with van der Waals surface area (Å²) in [6.45, 7) is 7.09. The van der Waals surface area contributed by atoms with Gasteiger partial charge in [-0.05, 0) is 32.9 Å². The summed E-state index contributed by atoms with van der Waals surface area (Å²) >= 11 is 0. The van der Waals surface area contributed by atoms with Crippen LogP contribution in [0.3, 0.4) is 0 Å². The predicted octanol–water partition coefficient (Wildman–Crippen LogP) is 1.61. The van der Waals surface area contributed by atoms with E-state index in [4.69, 9.17) is 13.3 Å². The molecule has 1 atom stereocenters. The first-order valence-electron chi connectivity index (χ1n) is 6.91. The van der Waals surface area contributed by atoms with E-state index in [1.165, 1.54) is 0 Å². The fraction of sp³-hybridized carbons (Fsp3) is 0.692. The molecule has 0 aromatic heterocycles. The Morgan fingerprint density at radius 2 is 1.70 bits per heavy atom. The zero-order valence-corrected chi connectivity index (χ0v) is 13.2. The van der Waals surface area contributed by atoms with Crippen molar-refractivity contribution in [3.8, 4) is 0 Å². The van der Waals surface area contributed by atoms with Gasteiger partial charge < -0.3 is 18.0 Å². The summed E-state index contributed by atoms with van der Waals surface area (Å²) in [5, 5.41) is 0. The average Bonchev–Trinajstić information content (AvgIpc) is 2.69. The first kappa shape index (κ1) is 17.0. The van der Waals surface area contributed by atoms with E-state index >= 15 is 0 Å². The first-order valence-corrected chi connectivity index (χ1v) is 8.71. The Bertz CT molecular complexity index is 351. The molecule has 1 saturated heterocycles. The lowest BCUT2D eigenvalue weighted by Crippen LogP contribution is -2.44. The molecule has 20 heavy (non-hydrogen) atoms. The molecule has 1 aliphatic heterocycles. The van der Waals surface area contributed by atoms with E-state index in [1.807, 2.05) is 20.8 Å². The van der Waals surface area contributed by atoms with Crippen LogP contribution in [0.2, 0.25) is 0 Å². The topological polar surface area (TPSA) is 71.1 Å². The molecule has 0 N–H and O–H groups in total. The molecule has 0 spiro atoms. The van der Waals surface area contributed by atoms with E-state index in [2.05, 4.69) is 4.74 Å². The van der Waals surface area contributed by atoms with Crippen molar-refractivity contribution in [3.05, 3.63) is 11.8 Å². The molecule has 0 bridgehead atoms. The normalized spacial score (nSPS) is 19.9. The summed E-state index contributed by atoms with van der Waals surface area (Å²) in [5.41, 5.74) is 1.78. The largest absolute Gasteiger partial charge is 0.529 e. The molecule has 0 amide bonds. The Hall–Kier alpha value is -1.02. The Kier molecular flexibility index (Phi) is 7.07. The monoisotopic (exact) mass is 302 g/mol. The van der Waals surface area contributed by atoms with Crippen LogP contribution >= 0.6 is 0 Å². The molecule has 0 aromatic rings. The SMILES string of the molecule is CCO[Si](C=CCC1CC(=O)OC1=O)(OCC)OCC. The number of carbonyl (C=O) groups excluding carboxylic acids is 2. The zero-order chi connectivity index (χ0) is 15.0. The Morgan fingerprint density at radius 1 is 1.15 bits per heavy atom. The molecule has 6 nitrogen and oxygen atoms in total. The van der Waals surface area contributed by atoms with Gasteiger partial charge in [-0.2, -0.15) is 0 Å². The third-order valence-electron chi connectivity index (χ3n) is 2.74. The molecule has 1 heterocycles. The van der Waals surface area contributed by atoms with E-state index in [0.29, 0.717) is 26.2 Å². The van der Waals surface area contributed by atoms with Gasteiger partial charge in [0.1, 0.15) is 0 Å². The standard InChI is InChI=1S/C13H22O6Si/c1-4-16-20(17-5-2,18-6-3)9-7-8-11-10-12(14)19-13(11)15/h7,9,11H,4-6,8,10H2,1-3H3. The Labute approximate surface area is 120 Å². The van der Waals surface area contributed by atoms with E-state index in [0.717, 1.165) is 0 Å². The highest BCUT2D eigenvalue weighted by molar-refractivity contribution is 6.66. The van der Waals surface area contributed by atoms with Crippen LogP contribution in [0.5, 0.6) is 0 Å². The molecule has 1 fully saturated rings. The maximum atomic E-state index is 11.4. The predicted molar refractivity (Wildman–Crippen MR) is 73.6 cm³/mol. The van der Waals surface area contributed by atoms with Crippen molar-refractivity contribution in [3.63, 3.8) is 0 Å². The van der Waals surface area contributed by atoms with Crippen molar-refractivity contribution < 1.29 is 27.6 Å². The third kappa shape index (κ3) is 4.82. The van der Waals surface area contributed by atoms with Gasteiger partial charge in [0.25, 0.3) is 0 Å². The molecule has 114 valence electrons. The molecule has 0 radical (unpaired) electrons. The lowest BCUT2D eigenvalue weighted by Gasteiger charge is -2.25. The summed E-state index contributed by atoms with van der Waals surface area (Å²) in [6, 6.07) is 0. The summed E-state index contributed by atoms with van der Waals surface area (Å²) in [5.74, 6) is -1.33. The second kappa shape index (κ2) is 8.31. The van der Waals surface area contributed by atoms with Crippen LogP contribution in [0.15, 0.2) is 11.8 Å². The van der Waals surface area contributed by atoms with Gasteiger partial charge in [0.05, 0.1) is 12.3 Å². The van der Waals surface area contributed by atoms with Gasteiger partial charge in [0.15, 0.2) is 0 Å². The number of hydrogen-bond donors (Lipinski definition) is 0. The summed E-state index contributed by atoms with van der Waals surface area (Å²) < 4.78 is 21.4. The van der Waals surface area contributed by atoms with Crippen molar-refractivity contribution in [2.45, 2.75) is 33.6 Å². The summed E-state index contributed by atoms with van der Waals surface area (Å²) in [6.07, 6.45) is 2.35. The van der Waals surface area contributed by atoms with Gasteiger partial charge in [0, 0.05) is 19.8 Å². The number of rotatable bonds is 9. The molecule has 0 aromatic carbocycles. The molecule has 1 rings (SSSR count). The average molecular weight is 302 g/mol. The maximum absolute atomic E-state index is 11.4. The van der Waals surface area contributed by atoms with Gasteiger partial charge in [-0.25, -0.2) is 0 Å². The molecule has 7 heteroatoms.